The highest BCUT2D eigenvalue weighted by Gasteiger charge is 2.46. The maximum atomic E-state index is 14.3. The Kier molecular flexibility index (Phi) is 13.8. The van der Waals surface area contributed by atoms with Gasteiger partial charge in [0.2, 0.25) is 23.6 Å². The number of pyridine rings is 1. The Morgan fingerprint density at radius 1 is 0.859 bits per heavy atom. The summed E-state index contributed by atoms with van der Waals surface area (Å²) in [4.78, 5) is 72.1. The molecule has 0 unspecified atom stereocenters. The van der Waals surface area contributed by atoms with Gasteiger partial charge in [-0.1, -0.05) is 69.3 Å². The Labute approximate surface area is 421 Å². The van der Waals surface area contributed by atoms with E-state index in [4.69, 9.17) is 14.5 Å². The van der Waals surface area contributed by atoms with Crippen LogP contribution in [-0.2, 0) is 23.9 Å². The number of rotatable bonds is 13. The zero-order chi connectivity index (χ0) is 50.5. The lowest BCUT2D eigenvalue weighted by Crippen LogP contribution is -2.59. The average molecular weight is 998 g/mol. The Balaban J connectivity index is 0.806. The number of aliphatic hydroxyl groups excluding tert-OH is 1. The van der Waals surface area contributed by atoms with Crippen molar-refractivity contribution in [2.45, 2.75) is 117 Å². The first kappa shape index (κ1) is 49.4. The molecule has 0 spiro atoms. The summed E-state index contributed by atoms with van der Waals surface area (Å²) in [6.07, 6.45) is 1.66. The predicted octanol–water partition coefficient (Wildman–Crippen LogP) is 7.73. The van der Waals surface area contributed by atoms with E-state index in [1.54, 1.807) is 28.9 Å². The number of hydrogen-bond acceptors (Lipinski definition) is 14. The van der Waals surface area contributed by atoms with Crippen LogP contribution in [0.15, 0.2) is 77.4 Å². The van der Waals surface area contributed by atoms with Crippen molar-refractivity contribution < 1.29 is 33.8 Å². The summed E-state index contributed by atoms with van der Waals surface area (Å²) < 4.78 is 13.2. The highest BCUT2D eigenvalue weighted by molar-refractivity contribution is 7.15. The summed E-state index contributed by atoms with van der Waals surface area (Å²) in [5, 5.41) is 26.6. The molecule has 4 aromatic heterocycles. The number of thiophene rings is 1. The third-order valence-electron chi connectivity index (χ3n) is 13.8. The normalized spacial score (nSPS) is 20.4. The zero-order valence-corrected chi connectivity index (χ0v) is 43.0. The number of aliphatic imine (C=N–C) groups is 1. The number of amides is 3. The number of aromatic nitrogens is 5. The molecule has 2 aliphatic heterocycles. The lowest BCUT2D eigenvalue weighted by molar-refractivity contribution is -0.145. The second-order valence-corrected chi connectivity index (χ2v) is 21.9. The molecule has 370 valence electrons. The molecule has 2 fully saturated rings. The molecular weight excluding hydrogens is 939 g/mol. The number of nitrogens with one attached hydrogen (secondary N) is 2. The van der Waals surface area contributed by atoms with E-state index in [2.05, 4.69) is 44.6 Å². The molecule has 1 saturated carbocycles. The Hall–Kier alpha value is -6.63. The largest absolute Gasteiger partial charge is 0.474 e. The van der Waals surface area contributed by atoms with Gasteiger partial charge in [0.15, 0.2) is 5.82 Å². The summed E-state index contributed by atoms with van der Waals surface area (Å²) in [6, 6.07) is 17.1. The van der Waals surface area contributed by atoms with Crippen molar-refractivity contribution in [2.75, 3.05) is 13.7 Å². The number of benzene rings is 2. The maximum Gasteiger partial charge on any atom is 0.308 e. The van der Waals surface area contributed by atoms with Gasteiger partial charge in [0.25, 0.3) is 0 Å². The fraction of sp³-hybridized carbons (Fsp3) is 0.415. The molecule has 16 nitrogen and oxygen atoms in total. The molecule has 3 N–H and O–H groups in total. The molecule has 0 bridgehead atoms. The number of ether oxygens (including phenoxy) is 2. The third-order valence-corrected chi connectivity index (χ3v) is 16.0. The van der Waals surface area contributed by atoms with Gasteiger partial charge in [-0.3, -0.25) is 28.7 Å². The number of likely N-dealkylation sites (tertiary alicyclic amines) is 1. The Morgan fingerprint density at radius 3 is 2.20 bits per heavy atom. The number of carbonyl (C=O) groups is 4. The van der Waals surface area contributed by atoms with E-state index in [1.165, 1.54) is 12.0 Å². The standard InChI is InChI=1S/C53H59N9O7S2/c1-27-30(4)71-52-44(27)45(57-40(23-43(64)68-9)48-60-59-31(5)62(48)52)34-14-12-33(13-15-34)36-18-19-42(54-24-36)69-39-20-37(21-39)49(65)58-47(53(6,7)8)51(67)61-25-38(63)22-41(61)50(66)56-28(2)32-10-16-35(17-11-32)46-29(3)55-26-70-46/h10-19,24,26,28,37-41,47,63H,20-23,25H2,1-9H3,(H,56,66)(H,58,65)/t28-,37-,38+,39-,40-,41-,47+/m0/s1. The topological polar surface area (TPSA) is 203 Å². The third kappa shape index (κ3) is 10.0. The lowest BCUT2D eigenvalue weighted by atomic mass is 9.80. The van der Waals surface area contributed by atoms with Crippen LogP contribution in [0.5, 0.6) is 5.88 Å². The van der Waals surface area contributed by atoms with Gasteiger partial charge < -0.3 is 30.1 Å². The van der Waals surface area contributed by atoms with Crippen molar-refractivity contribution in [3.63, 3.8) is 0 Å². The number of carbonyl (C=O) groups excluding carboxylic acids is 4. The average Bonchev–Trinajstić information content (AvgIpc) is 4.10. The molecule has 6 heterocycles. The van der Waals surface area contributed by atoms with Crippen LogP contribution in [0.25, 0.3) is 26.6 Å². The molecule has 5 atom stereocenters. The number of nitrogens with zero attached hydrogens (tertiary/aromatic N) is 7. The number of aryl methyl sites for hydroxylation is 3. The van der Waals surface area contributed by atoms with E-state index >= 15 is 0 Å². The van der Waals surface area contributed by atoms with Gasteiger partial charge in [-0.2, -0.15) is 0 Å². The van der Waals surface area contributed by atoms with Crippen molar-refractivity contribution in [1.29, 1.82) is 0 Å². The van der Waals surface area contributed by atoms with Crippen LogP contribution in [-0.4, -0.2) is 102 Å². The summed E-state index contributed by atoms with van der Waals surface area (Å²) >= 11 is 3.23. The van der Waals surface area contributed by atoms with Crippen molar-refractivity contribution >= 4 is 52.1 Å². The predicted molar refractivity (Wildman–Crippen MR) is 272 cm³/mol. The van der Waals surface area contributed by atoms with Gasteiger partial charge in [0.1, 0.15) is 35.1 Å². The Bertz CT molecular complexity index is 3000. The van der Waals surface area contributed by atoms with Crippen LogP contribution >= 0.6 is 22.7 Å². The first-order valence-electron chi connectivity index (χ1n) is 23.9. The van der Waals surface area contributed by atoms with Crippen LogP contribution in [0, 0.1) is 39.0 Å². The fourth-order valence-corrected chi connectivity index (χ4v) is 11.6. The number of fused-ring (bicyclic) bond motifs is 3. The van der Waals surface area contributed by atoms with Gasteiger partial charge in [-0.15, -0.1) is 32.9 Å². The van der Waals surface area contributed by atoms with Gasteiger partial charge >= 0.3 is 5.97 Å². The monoisotopic (exact) mass is 997 g/mol. The van der Waals surface area contributed by atoms with Crippen molar-refractivity contribution in [2.24, 2.45) is 16.3 Å². The number of methoxy groups -OCH3 is 1. The minimum absolute atomic E-state index is 0.00923. The molecule has 6 aromatic rings. The van der Waals surface area contributed by atoms with E-state index in [9.17, 15) is 24.3 Å². The number of thiazole rings is 1. The molecular formula is C53H59N9O7S2. The molecule has 9 rings (SSSR count). The highest BCUT2D eigenvalue weighted by Crippen LogP contribution is 2.40. The van der Waals surface area contributed by atoms with Crippen LogP contribution in [0.3, 0.4) is 0 Å². The molecule has 1 saturated heterocycles. The second-order valence-electron chi connectivity index (χ2n) is 19.9. The summed E-state index contributed by atoms with van der Waals surface area (Å²) in [7, 11) is 1.37. The fourth-order valence-electron chi connectivity index (χ4n) is 9.53. The number of β-amino-alcohol motifs (C(OH)–C–C–N with tert-alkyl or cyclic N) is 1. The zero-order valence-electron chi connectivity index (χ0n) is 41.3. The minimum Gasteiger partial charge on any atom is -0.474 e. The van der Waals surface area contributed by atoms with Crippen LogP contribution in [0.1, 0.15) is 110 Å². The Morgan fingerprint density at radius 2 is 1.55 bits per heavy atom. The quantitative estimate of drug-likeness (QED) is 0.0956. The van der Waals surface area contributed by atoms with E-state index in [0.717, 1.165) is 70.9 Å². The van der Waals surface area contributed by atoms with Crippen LogP contribution in [0.4, 0.5) is 0 Å². The second kappa shape index (κ2) is 19.9. The molecule has 3 amide bonds. The molecule has 1 aliphatic carbocycles. The van der Waals surface area contributed by atoms with Crippen molar-refractivity contribution in [3.8, 4) is 32.4 Å². The highest BCUT2D eigenvalue weighted by atomic mass is 32.1. The number of esters is 1. The van der Waals surface area contributed by atoms with Crippen molar-refractivity contribution in [1.82, 2.24) is 40.3 Å². The number of aliphatic hydroxyl groups is 1. The first-order chi connectivity index (χ1) is 33.9. The van der Waals surface area contributed by atoms with Gasteiger partial charge in [-0.05, 0) is 81.2 Å². The van der Waals surface area contributed by atoms with Gasteiger partial charge in [-0.25, -0.2) is 9.97 Å². The summed E-state index contributed by atoms with van der Waals surface area (Å²) in [5.74, 6) is -0.0309. The van der Waals surface area contributed by atoms with Gasteiger partial charge in [0, 0.05) is 52.7 Å². The first-order valence-corrected chi connectivity index (χ1v) is 25.6. The lowest BCUT2D eigenvalue weighted by Gasteiger charge is -2.39. The molecule has 71 heavy (non-hydrogen) atoms. The molecule has 2 aromatic carbocycles. The van der Waals surface area contributed by atoms with E-state index in [1.807, 2.05) is 112 Å². The van der Waals surface area contributed by atoms with E-state index in [-0.39, 0.29) is 55.2 Å². The van der Waals surface area contributed by atoms with Crippen LogP contribution < -0.4 is 15.4 Å². The smallest absolute Gasteiger partial charge is 0.308 e. The van der Waals surface area contributed by atoms with E-state index < -0.39 is 35.6 Å². The summed E-state index contributed by atoms with van der Waals surface area (Å²) in [6.45, 7) is 15.6. The van der Waals surface area contributed by atoms with Crippen LogP contribution in [0.2, 0.25) is 0 Å². The van der Waals surface area contributed by atoms with E-state index in [0.29, 0.717) is 24.5 Å². The molecule has 18 heteroatoms. The van der Waals surface area contributed by atoms with Gasteiger partial charge in [0.05, 0.1) is 47.5 Å². The minimum atomic E-state index is -0.934. The SMILES string of the molecule is COC(=O)C[C@@H]1N=C(c2ccc(-c3ccc(O[C@H]4C[C@H](C(=O)N[C@H](C(=O)N5C[C@H](O)C[C@H]5C(=O)N[C@@H](C)c5ccc(-c6scnc6C)cc5)C(C)(C)C)C4)nc3)cc2)c2c(sc(C)c2C)-n2c(C)nnc21. The number of hydrogen-bond donors (Lipinski definition) is 3. The molecule has 0 radical (unpaired) electrons. The summed E-state index contributed by atoms with van der Waals surface area (Å²) in [5.41, 5.74) is 9.64. The van der Waals surface area contributed by atoms with Crippen molar-refractivity contribution in [3.05, 3.63) is 117 Å². The molecule has 3 aliphatic rings. The maximum absolute atomic E-state index is 14.3.